The zero-order chi connectivity index (χ0) is 17.7. The fraction of sp³-hybridized carbons (Fsp3) is 0.211. The van der Waals surface area contributed by atoms with Crippen molar-refractivity contribution < 1.29 is 9.90 Å². The van der Waals surface area contributed by atoms with Crippen LogP contribution in [0, 0.1) is 6.92 Å². The van der Waals surface area contributed by atoms with E-state index in [4.69, 9.17) is 0 Å². The van der Waals surface area contributed by atoms with Crippen LogP contribution in [0.25, 0.3) is 0 Å². The number of carbonyl (C=O) groups excluding carboxylic acids is 1. The highest BCUT2D eigenvalue weighted by molar-refractivity contribution is 5.90. The predicted octanol–water partition coefficient (Wildman–Crippen LogP) is 1.64. The molecule has 0 saturated carbocycles. The molecular weight excluding hydrogens is 316 g/mol. The molecule has 1 aromatic heterocycles. The van der Waals surface area contributed by atoms with E-state index in [1.54, 1.807) is 54.9 Å². The third kappa shape index (κ3) is 3.44. The zero-order valence-corrected chi connectivity index (χ0v) is 14.0. The van der Waals surface area contributed by atoms with Crippen molar-refractivity contribution in [1.82, 2.24) is 20.1 Å². The molecule has 3 aromatic rings. The Morgan fingerprint density at radius 2 is 1.64 bits per heavy atom. The Morgan fingerprint density at radius 3 is 2.12 bits per heavy atom. The predicted molar refractivity (Wildman–Crippen MR) is 93.7 cm³/mol. The highest BCUT2D eigenvalue weighted by Gasteiger charge is 2.39. The molecule has 6 nitrogen and oxygen atoms in total. The number of aromatic nitrogens is 3. The first-order chi connectivity index (χ1) is 12.1. The highest BCUT2D eigenvalue weighted by atomic mass is 16.3. The number of aryl methyl sites for hydroxylation is 1. The van der Waals surface area contributed by atoms with E-state index in [0.717, 1.165) is 5.82 Å². The summed E-state index contributed by atoms with van der Waals surface area (Å²) >= 11 is 0. The number of aliphatic hydroxyl groups is 1. The summed E-state index contributed by atoms with van der Waals surface area (Å²) in [6.07, 6.45) is 1.61. The Kier molecular flexibility index (Phi) is 4.90. The van der Waals surface area contributed by atoms with Gasteiger partial charge in [0.05, 0.1) is 0 Å². The quantitative estimate of drug-likeness (QED) is 0.717. The van der Waals surface area contributed by atoms with Crippen LogP contribution in [0.3, 0.4) is 0 Å². The summed E-state index contributed by atoms with van der Waals surface area (Å²) in [6, 6.07) is 17.9. The van der Waals surface area contributed by atoms with Crippen molar-refractivity contribution >= 4 is 5.91 Å². The molecule has 1 heterocycles. The van der Waals surface area contributed by atoms with Crippen molar-refractivity contribution in [3.05, 3.63) is 83.9 Å². The molecule has 0 aliphatic heterocycles. The van der Waals surface area contributed by atoms with Crippen LogP contribution in [0.4, 0.5) is 0 Å². The van der Waals surface area contributed by atoms with Crippen LogP contribution in [0.5, 0.6) is 0 Å². The second-order valence-corrected chi connectivity index (χ2v) is 5.77. The van der Waals surface area contributed by atoms with Gasteiger partial charge >= 0.3 is 0 Å². The van der Waals surface area contributed by atoms with Gasteiger partial charge in [-0.05, 0) is 18.1 Å². The van der Waals surface area contributed by atoms with Gasteiger partial charge in [0.25, 0.3) is 5.91 Å². The lowest BCUT2D eigenvalue weighted by atomic mass is 9.85. The molecule has 0 bridgehead atoms. The molecule has 0 radical (unpaired) electrons. The molecular formula is C19H20N4O2. The summed E-state index contributed by atoms with van der Waals surface area (Å²) in [5.74, 6) is 0.311. The number of benzene rings is 2. The summed E-state index contributed by atoms with van der Waals surface area (Å²) in [5.41, 5.74) is -0.691. The molecule has 0 unspecified atom stereocenters. The SMILES string of the molecule is Cc1nncn1CCNC(=O)C(O)(c1ccccc1)c1ccccc1. The minimum Gasteiger partial charge on any atom is -0.372 e. The molecule has 0 fully saturated rings. The average Bonchev–Trinajstić information content (AvgIpc) is 3.07. The molecule has 128 valence electrons. The lowest BCUT2D eigenvalue weighted by Gasteiger charge is -2.28. The maximum absolute atomic E-state index is 12.9. The molecule has 2 aromatic carbocycles. The van der Waals surface area contributed by atoms with E-state index in [-0.39, 0.29) is 0 Å². The molecule has 6 heteroatoms. The normalized spacial score (nSPS) is 11.3. The fourth-order valence-corrected chi connectivity index (χ4v) is 2.74. The number of rotatable bonds is 6. The first-order valence-corrected chi connectivity index (χ1v) is 8.08. The molecule has 25 heavy (non-hydrogen) atoms. The van der Waals surface area contributed by atoms with Crippen LogP contribution < -0.4 is 5.32 Å². The lowest BCUT2D eigenvalue weighted by Crippen LogP contribution is -2.46. The van der Waals surface area contributed by atoms with Gasteiger partial charge in [-0.1, -0.05) is 60.7 Å². The summed E-state index contributed by atoms with van der Waals surface area (Å²) in [4.78, 5) is 12.9. The van der Waals surface area contributed by atoms with E-state index < -0.39 is 11.5 Å². The highest BCUT2D eigenvalue weighted by Crippen LogP contribution is 2.29. The van der Waals surface area contributed by atoms with Gasteiger partial charge < -0.3 is 15.0 Å². The summed E-state index contributed by atoms with van der Waals surface area (Å²) in [6.45, 7) is 2.74. The van der Waals surface area contributed by atoms with Crippen LogP contribution >= 0.6 is 0 Å². The lowest BCUT2D eigenvalue weighted by molar-refractivity contribution is -0.136. The number of nitrogens with one attached hydrogen (secondary N) is 1. The average molecular weight is 336 g/mol. The van der Waals surface area contributed by atoms with Crippen molar-refractivity contribution in [2.45, 2.75) is 19.1 Å². The van der Waals surface area contributed by atoms with Crippen LogP contribution in [0.1, 0.15) is 17.0 Å². The second-order valence-electron chi connectivity index (χ2n) is 5.77. The van der Waals surface area contributed by atoms with E-state index in [2.05, 4.69) is 15.5 Å². The fourth-order valence-electron chi connectivity index (χ4n) is 2.74. The van der Waals surface area contributed by atoms with Crippen molar-refractivity contribution in [1.29, 1.82) is 0 Å². The first-order valence-electron chi connectivity index (χ1n) is 8.08. The van der Waals surface area contributed by atoms with Gasteiger partial charge in [-0.25, -0.2) is 0 Å². The van der Waals surface area contributed by atoms with Crippen molar-refractivity contribution in [2.24, 2.45) is 0 Å². The largest absolute Gasteiger partial charge is 0.372 e. The van der Waals surface area contributed by atoms with Gasteiger partial charge in [0, 0.05) is 13.1 Å². The Hall–Kier alpha value is -2.99. The Bertz CT molecular complexity index is 791. The molecule has 2 N–H and O–H groups in total. The topological polar surface area (TPSA) is 80.0 Å². The minimum absolute atomic E-state index is 0.361. The molecule has 0 spiro atoms. The Labute approximate surface area is 146 Å². The zero-order valence-electron chi connectivity index (χ0n) is 14.0. The van der Waals surface area contributed by atoms with Gasteiger partial charge in [-0.2, -0.15) is 0 Å². The van der Waals surface area contributed by atoms with E-state index in [0.29, 0.717) is 24.2 Å². The number of nitrogens with zero attached hydrogens (tertiary/aromatic N) is 3. The first kappa shape index (κ1) is 16.9. The van der Waals surface area contributed by atoms with Crippen molar-refractivity contribution in [3.8, 4) is 0 Å². The molecule has 0 aliphatic rings. The van der Waals surface area contributed by atoms with Crippen LogP contribution in [-0.2, 0) is 16.9 Å². The molecule has 3 rings (SSSR count). The minimum atomic E-state index is -1.75. The van der Waals surface area contributed by atoms with Gasteiger partial charge in [-0.15, -0.1) is 10.2 Å². The second kappa shape index (κ2) is 7.27. The van der Waals surface area contributed by atoms with E-state index in [1.165, 1.54) is 0 Å². The van der Waals surface area contributed by atoms with Crippen molar-refractivity contribution in [2.75, 3.05) is 6.54 Å². The number of hydrogen-bond donors (Lipinski definition) is 2. The third-order valence-electron chi connectivity index (χ3n) is 4.16. The maximum Gasteiger partial charge on any atom is 0.261 e. The third-order valence-corrected chi connectivity index (χ3v) is 4.16. The standard InChI is InChI=1S/C19H20N4O2/c1-15-22-21-14-23(15)13-12-20-18(24)19(25,16-8-4-2-5-9-16)17-10-6-3-7-11-17/h2-11,14,25H,12-13H2,1H3,(H,20,24). The number of carbonyl (C=O) groups is 1. The van der Waals surface area contributed by atoms with E-state index >= 15 is 0 Å². The molecule has 0 saturated heterocycles. The van der Waals surface area contributed by atoms with Gasteiger partial charge in [0.15, 0.2) is 5.60 Å². The van der Waals surface area contributed by atoms with Crippen LogP contribution in [0.15, 0.2) is 67.0 Å². The molecule has 0 aliphatic carbocycles. The van der Waals surface area contributed by atoms with Gasteiger partial charge in [0.1, 0.15) is 12.2 Å². The number of amides is 1. The van der Waals surface area contributed by atoms with E-state index in [1.807, 2.05) is 23.6 Å². The molecule has 1 amide bonds. The van der Waals surface area contributed by atoms with Gasteiger partial charge in [0.2, 0.25) is 0 Å². The maximum atomic E-state index is 12.9. The van der Waals surface area contributed by atoms with Crippen LogP contribution in [0.2, 0.25) is 0 Å². The molecule has 0 atom stereocenters. The van der Waals surface area contributed by atoms with E-state index in [9.17, 15) is 9.90 Å². The number of hydrogen-bond acceptors (Lipinski definition) is 4. The Balaban J connectivity index is 1.82. The van der Waals surface area contributed by atoms with Crippen LogP contribution in [-0.4, -0.2) is 32.3 Å². The Morgan fingerprint density at radius 1 is 1.08 bits per heavy atom. The van der Waals surface area contributed by atoms with Gasteiger partial charge in [-0.3, -0.25) is 4.79 Å². The smallest absolute Gasteiger partial charge is 0.261 e. The monoisotopic (exact) mass is 336 g/mol. The summed E-state index contributed by atoms with van der Waals surface area (Å²) in [7, 11) is 0. The summed E-state index contributed by atoms with van der Waals surface area (Å²) < 4.78 is 1.84. The summed E-state index contributed by atoms with van der Waals surface area (Å²) in [5, 5.41) is 21.8. The van der Waals surface area contributed by atoms with Crippen molar-refractivity contribution in [3.63, 3.8) is 0 Å².